The lowest BCUT2D eigenvalue weighted by Gasteiger charge is -2.16. The summed E-state index contributed by atoms with van der Waals surface area (Å²) in [4.78, 5) is 22.6. The molecule has 3 rings (SSSR count). The van der Waals surface area contributed by atoms with Crippen LogP contribution in [0.1, 0.15) is 57.8 Å². The van der Waals surface area contributed by atoms with Crippen molar-refractivity contribution in [1.82, 2.24) is 14.9 Å². The van der Waals surface area contributed by atoms with Gasteiger partial charge in [0.2, 0.25) is 0 Å². The van der Waals surface area contributed by atoms with Crippen LogP contribution in [0.25, 0.3) is 11.3 Å². The quantitative estimate of drug-likeness (QED) is 0.481. The van der Waals surface area contributed by atoms with E-state index in [1.54, 1.807) is 10.6 Å². The van der Waals surface area contributed by atoms with Crippen molar-refractivity contribution in [2.45, 2.75) is 66.3 Å². The molecular formula is C27H36N4O. The average Bonchev–Trinajstić information content (AvgIpc) is 3.24. The molecular weight excluding hydrogens is 396 g/mol. The zero-order valence-corrected chi connectivity index (χ0v) is 19.9. The molecule has 1 unspecified atom stereocenters. The maximum Gasteiger partial charge on any atom is 0.254 e. The number of allylic oxidation sites excluding steroid dienone is 2. The van der Waals surface area contributed by atoms with Gasteiger partial charge in [0.25, 0.3) is 5.56 Å². The van der Waals surface area contributed by atoms with E-state index in [1.807, 2.05) is 12.1 Å². The third kappa shape index (κ3) is 6.06. The maximum absolute atomic E-state index is 13.1. The summed E-state index contributed by atoms with van der Waals surface area (Å²) in [5, 5.41) is 3.38. The molecule has 32 heavy (non-hydrogen) atoms. The fraction of sp³-hybridized carbons (Fsp3) is 0.444. The van der Waals surface area contributed by atoms with Gasteiger partial charge in [-0.3, -0.25) is 14.4 Å². The minimum Gasteiger partial charge on any atom is -0.360 e. The first-order chi connectivity index (χ1) is 15.4. The number of rotatable bonds is 11. The summed E-state index contributed by atoms with van der Waals surface area (Å²) in [7, 11) is 0. The van der Waals surface area contributed by atoms with E-state index in [0.29, 0.717) is 19.0 Å². The molecule has 1 aliphatic rings. The van der Waals surface area contributed by atoms with Crippen molar-refractivity contribution in [3.05, 3.63) is 76.1 Å². The third-order valence-corrected chi connectivity index (χ3v) is 6.00. The second-order valence-electron chi connectivity index (χ2n) is 8.75. The summed E-state index contributed by atoms with van der Waals surface area (Å²) >= 11 is 0. The highest BCUT2D eigenvalue weighted by atomic mass is 16.1. The summed E-state index contributed by atoms with van der Waals surface area (Å²) in [5.74, 6) is 1.27. The Balaban J connectivity index is 1.80. The van der Waals surface area contributed by atoms with E-state index >= 15 is 0 Å². The van der Waals surface area contributed by atoms with Crippen LogP contribution in [-0.2, 0) is 13.0 Å². The largest absolute Gasteiger partial charge is 0.360 e. The van der Waals surface area contributed by atoms with Gasteiger partial charge in [0.1, 0.15) is 5.82 Å². The molecule has 0 bridgehead atoms. The van der Waals surface area contributed by atoms with E-state index in [2.05, 4.69) is 62.8 Å². The van der Waals surface area contributed by atoms with Crippen LogP contribution in [-0.4, -0.2) is 21.8 Å². The zero-order chi connectivity index (χ0) is 23.1. The first-order valence-electron chi connectivity index (χ1n) is 11.8. The zero-order valence-electron chi connectivity index (χ0n) is 19.9. The molecule has 1 N–H and O–H groups in total. The van der Waals surface area contributed by atoms with Crippen molar-refractivity contribution < 1.29 is 0 Å². The second-order valence-corrected chi connectivity index (χ2v) is 8.75. The van der Waals surface area contributed by atoms with Gasteiger partial charge in [0.05, 0.1) is 18.8 Å². The van der Waals surface area contributed by atoms with E-state index in [4.69, 9.17) is 4.98 Å². The van der Waals surface area contributed by atoms with Crippen LogP contribution >= 0.6 is 0 Å². The average molecular weight is 433 g/mol. The summed E-state index contributed by atoms with van der Waals surface area (Å²) in [6.07, 6.45) is 7.22. The predicted molar refractivity (Wildman–Crippen MR) is 134 cm³/mol. The Morgan fingerprint density at radius 2 is 1.97 bits per heavy atom. The lowest BCUT2D eigenvalue weighted by molar-refractivity contribution is 0.606. The molecule has 0 fully saturated rings. The smallest absolute Gasteiger partial charge is 0.254 e. The van der Waals surface area contributed by atoms with E-state index in [1.165, 1.54) is 5.56 Å². The van der Waals surface area contributed by atoms with Crippen LogP contribution in [0.4, 0.5) is 0 Å². The summed E-state index contributed by atoms with van der Waals surface area (Å²) < 4.78 is 1.76. The van der Waals surface area contributed by atoms with Crippen molar-refractivity contribution in [3.8, 4) is 11.3 Å². The monoisotopic (exact) mass is 432 g/mol. The molecule has 0 saturated heterocycles. The molecule has 2 heterocycles. The van der Waals surface area contributed by atoms with Gasteiger partial charge < -0.3 is 5.32 Å². The van der Waals surface area contributed by atoms with Gasteiger partial charge in [0, 0.05) is 35.2 Å². The molecule has 1 atom stereocenters. The molecule has 5 heteroatoms. The van der Waals surface area contributed by atoms with Gasteiger partial charge in [-0.2, -0.15) is 0 Å². The van der Waals surface area contributed by atoms with Crippen LogP contribution < -0.4 is 10.9 Å². The Labute approximate surface area is 192 Å². The van der Waals surface area contributed by atoms with Gasteiger partial charge in [0.15, 0.2) is 0 Å². The normalized spacial score (nSPS) is 14.1. The van der Waals surface area contributed by atoms with Gasteiger partial charge in [-0.05, 0) is 31.8 Å². The molecule has 170 valence electrons. The van der Waals surface area contributed by atoms with Gasteiger partial charge >= 0.3 is 0 Å². The highest BCUT2D eigenvalue weighted by Crippen LogP contribution is 2.18. The number of unbranched alkanes of at least 4 members (excludes halogenated alkanes) is 2. The van der Waals surface area contributed by atoms with Crippen molar-refractivity contribution in [1.29, 1.82) is 0 Å². The topological polar surface area (TPSA) is 59.3 Å². The van der Waals surface area contributed by atoms with Gasteiger partial charge in [-0.25, -0.2) is 4.98 Å². The van der Waals surface area contributed by atoms with E-state index < -0.39 is 0 Å². The van der Waals surface area contributed by atoms with Crippen LogP contribution in [0, 0.1) is 12.8 Å². The Morgan fingerprint density at radius 3 is 2.66 bits per heavy atom. The number of nitrogens with one attached hydrogen (secondary N) is 1. The molecule has 1 aliphatic heterocycles. The summed E-state index contributed by atoms with van der Waals surface area (Å²) in [6, 6.07) is 9.80. The Hall–Kier alpha value is -2.95. The van der Waals surface area contributed by atoms with Crippen molar-refractivity contribution in [2.75, 3.05) is 6.54 Å². The highest BCUT2D eigenvalue weighted by molar-refractivity contribution is 5.98. The SMILES string of the molecule is C=C(Cn1c(CCCCC)nc(-c2ccc(C)cc2)cc1=O)NC1=CC(C(C)CC)=NC1. The molecule has 0 amide bonds. The number of hydrogen-bond donors (Lipinski definition) is 1. The van der Waals surface area contributed by atoms with Crippen LogP contribution in [0.15, 0.2) is 64.2 Å². The maximum atomic E-state index is 13.1. The molecule has 0 radical (unpaired) electrons. The first-order valence-corrected chi connectivity index (χ1v) is 11.8. The molecule has 0 aliphatic carbocycles. The summed E-state index contributed by atoms with van der Waals surface area (Å²) in [5.41, 5.74) is 5.80. The Morgan fingerprint density at radius 1 is 1.22 bits per heavy atom. The molecule has 2 aromatic rings. The Kier molecular flexibility index (Phi) is 8.20. The fourth-order valence-electron chi connectivity index (χ4n) is 3.81. The fourth-order valence-corrected chi connectivity index (χ4v) is 3.81. The standard InChI is InChI=1S/C27H36N4O/c1-6-8-9-10-26-30-25(22-13-11-19(3)12-14-22)16-27(32)31(26)18-21(5)29-23-15-24(28-17-23)20(4)7-2/h11-16,20,29H,5-10,17-18H2,1-4H3. The molecule has 5 nitrogen and oxygen atoms in total. The number of benzene rings is 1. The molecule has 1 aromatic carbocycles. The second kappa shape index (κ2) is 11.1. The van der Waals surface area contributed by atoms with Crippen LogP contribution in [0.3, 0.4) is 0 Å². The Bertz CT molecular complexity index is 1060. The highest BCUT2D eigenvalue weighted by Gasteiger charge is 2.15. The van der Waals surface area contributed by atoms with E-state index in [-0.39, 0.29) is 5.56 Å². The number of hydrogen-bond acceptors (Lipinski definition) is 4. The number of nitrogens with zero attached hydrogens (tertiary/aromatic N) is 3. The van der Waals surface area contributed by atoms with E-state index in [9.17, 15) is 4.79 Å². The summed E-state index contributed by atoms with van der Waals surface area (Å²) in [6.45, 7) is 13.8. The lowest BCUT2D eigenvalue weighted by Crippen LogP contribution is -2.29. The lowest BCUT2D eigenvalue weighted by atomic mass is 10.0. The van der Waals surface area contributed by atoms with Crippen molar-refractivity contribution >= 4 is 5.71 Å². The van der Waals surface area contributed by atoms with Crippen molar-refractivity contribution in [3.63, 3.8) is 0 Å². The number of aliphatic imine (C=N–C) groups is 1. The number of aryl methyl sites for hydroxylation is 2. The van der Waals surface area contributed by atoms with Crippen LogP contribution in [0.2, 0.25) is 0 Å². The molecule has 0 saturated carbocycles. The third-order valence-electron chi connectivity index (χ3n) is 6.00. The van der Waals surface area contributed by atoms with Gasteiger partial charge in [-0.15, -0.1) is 0 Å². The predicted octanol–water partition coefficient (Wildman–Crippen LogP) is 5.44. The number of aromatic nitrogens is 2. The molecule has 0 spiro atoms. The minimum atomic E-state index is -0.0398. The van der Waals surface area contributed by atoms with Crippen LogP contribution in [0.5, 0.6) is 0 Å². The van der Waals surface area contributed by atoms with Crippen molar-refractivity contribution in [2.24, 2.45) is 10.9 Å². The van der Waals surface area contributed by atoms with Gasteiger partial charge in [-0.1, -0.05) is 70.0 Å². The van der Waals surface area contributed by atoms with E-state index in [0.717, 1.165) is 66.3 Å². The minimum absolute atomic E-state index is 0.0398. The molecule has 1 aromatic heterocycles. The first kappa shape index (κ1) is 23.7.